The Labute approximate surface area is 93.1 Å². The standard InChI is InChI=1S/C12H12N4/c13-6-9(7-14)8-1-2-12-10(5-8)11(15)3-4-16-12/h1-7,13H,14H2,(H2,15,16). The number of nitrogens with zero attached hydrogens (tertiary/aromatic N) is 1. The zero-order valence-electron chi connectivity index (χ0n) is 8.64. The molecule has 0 saturated heterocycles. The van der Waals surface area contributed by atoms with Crippen molar-refractivity contribution in [2.75, 3.05) is 5.73 Å². The molecule has 0 radical (unpaired) electrons. The summed E-state index contributed by atoms with van der Waals surface area (Å²) in [5.74, 6) is 0. The number of hydrogen-bond donors (Lipinski definition) is 3. The minimum Gasteiger partial charge on any atom is -0.404 e. The van der Waals surface area contributed by atoms with E-state index in [1.807, 2.05) is 18.2 Å². The molecule has 1 heterocycles. The molecular weight excluding hydrogens is 200 g/mol. The van der Waals surface area contributed by atoms with E-state index in [9.17, 15) is 0 Å². The largest absolute Gasteiger partial charge is 0.404 e. The number of nitrogen functional groups attached to an aromatic ring is 1. The lowest BCUT2D eigenvalue weighted by molar-refractivity contribution is 1.41. The molecule has 0 aliphatic heterocycles. The van der Waals surface area contributed by atoms with Crippen LogP contribution < -0.4 is 11.5 Å². The highest BCUT2D eigenvalue weighted by Crippen LogP contribution is 2.22. The van der Waals surface area contributed by atoms with Crippen molar-refractivity contribution >= 4 is 28.4 Å². The summed E-state index contributed by atoms with van der Waals surface area (Å²) in [6.07, 6.45) is 4.29. The minimum atomic E-state index is 0.658. The van der Waals surface area contributed by atoms with E-state index in [1.54, 1.807) is 12.3 Å². The van der Waals surface area contributed by atoms with Gasteiger partial charge in [0.25, 0.3) is 0 Å². The highest BCUT2D eigenvalue weighted by molar-refractivity contribution is 6.09. The fourth-order valence-electron chi connectivity index (χ4n) is 1.57. The average molecular weight is 212 g/mol. The van der Waals surface area contributed by atoms with Crippen LogP contribution in [0.1, 0.15) is 5.56 Å². The average Bonchev–Trinajstić information content (AvgIpc) is 2.32. The summed E-state index contributed by atoms with van der Waals surface area (Å²) >= 11 is 0. The Morgan fingerprint density at radius 3 is 2.81 bits per heavy atom. The highest BCUT2D eigenvalue weighted by Gasteiger charge is 2.02. The SMILES string of the molecule is N=CC(=CN)c1ccc2nccc(N)c2c1. The topological polar surface area (TPSA) is 88.8 Å². The number of fused-ring (bicyclic) bond motifs is 1. The van der Waals surface area contributed by atoms with Crippen molar-refractivity contribution < 1.29 is 0 Å². The van der Waals surface area contributed by atoms with Gasteiger partial charge in [-0.3, -0.25) is 4.98 Å². The first-order valence-electron chi connectivity index (χ1n) is 4.83. The van der Waals surface area contributed by atoms with E-state index >= 15 is 0 Å². The predicted octanol–water partition coefficient (Wildman–Crippen LogP) is 1.77. The fraction of sp³-hybridized carbons (Fsp3) is 0. The first kappa shape index (κ1) is 10.2. The van der Waals surface area contributed by atoms with Gasteiger partial charge < -0.3 is 16.9 Å². The van der Waals surface area contributed by atoms with Crippen LogP contribution in [0.2, 0.25) is 0 Å². The molecule has 0 amide bonds. The lowest BCUT2D eigenvalue weighted by Crippen LogP contribution is -1.93. The Bertz CT molecular complexity index is 572. The Morgan fingerprint density at radius 1 is 1.31 bits per heavy atom. The third kappa shape index (κ3) is 1.61. The maximum absolute atomic E-state index is 7.24. The van der Waals surface area contributed by atoms with Crippen LogP contribution in [-0.2, 0) is 0 Å². The number of rotatable bonds is 2. The number of aromatic nitrogens is 1. The molecule has 0 aliphatic carbocycles. The number of hydrogen-bond acceptors (Lipinski definition) is 4. The van der Waals surface area contributed by atoms with Crippen molar-refractivity contribution in [3.8, 4) is 0 Å². The van der Waals surface area contributed by atoms with Crippen LogP contribution in [0.25, 0.3) is 16.5 Å². The molecule has 0 unspecified atom stereocenters. The molecule has 2 aromatic rings. The van der Waals surface area contributed by atoms with Gasteiger partial charge in [0.05, 0.1) is 5.52 Å². The Hall–Kier alpha value is -2.36. The van der Waals surface area contributed by atoms with Gasteiger partial charge in [0, 0.05) is 35.3 Å². The van der Waals surface area contributed by atoms with Gasteiger partial charge >= 0.3 is 0 Å². The molecule has 2 rings (SSSR count). The zero-order valence-corrected chi connectivity index (χ0v) is 8.64. The summed E-state index contributed by atoms with van der Waals surface area (Å²) in [4.78, 5) is 4.21. The summed E-state index contributed by atoms with van der Waals surface area (Å²) in [5, 5.41) is 8.12. The molecule has 0 saturated carbocycles. The molecule has 1 aromatic heterocycles. The first-order valence-corrected chi connectivity index (χ1v) is 4.83. The van der Waals surface area contributed by atoms with E-state index in [-0.39, 0.29) is 0 Å². The van der Waals surface area contributed by atoms with E-state index in [4.69, 9.17) is 16.9 Å². The summed E-state index contributed by atoms with van der Waals surface area (Å²) in [7, 11) is 0. The summed E-state index contributed by atoms with van der Waals surface area (Å²) in [5.41, 5.74) is 14.3. The Kier molecular flexibility index (Phi) is 2.55. The summed E-state index contributed by atoms with van der Waals surface area (Å²) in [6.45, 7) is 0. The molecule has 0 bridgehead atoms. The fourth-order valence-corrected chi connectivity index (χ4v) is 1.57. The van der Waals surface area contributed by atoms with Gasteiger partial charge in [0.2, 0.25) is 0 Å². The third-order valence-electron chi connectivity index (χ3n) is 2.44. The van der Waals surface area contributed by atoms with Gasteiger partial charge in [-0.25, -0.2) is 0 Å². The molecule has 4 heteroatoms. The van der Waals surface area contributed by atoms with Crippen LogP contribution in [-0.4, -0.2) is 11.2 Å². The third-order valence-corrected chi connectivity index (χ3v) is 2.44. The van der Waals surface area contributed by atoms with Crippen LogP contribution in [0.5, 0.6) is 0 Å². The van der Waals surface area contributed by atoms with E-state index in [2.05, 4.69) is 4.98 Å². The van der Waals surface area contributed by atoms with Crippen LogP contribution >= 0.6 is 0 Å². The van der Waals surface area contributed by atoms with Crippen molar-refractivity contribution in [2.45, 2.75) is 0 Å². The molecular formula is C12H12N4. The summed E-state index contributed by atoms with van der Waals surface area (Å²) in [6, 6.07) is 7.39. The summed E-state index contributed by atoms with van der Waals surface area (Å²) < 4.78 is 0. The van der Waals surface area contributed by atoms with E-state index < -0.39 is 0 Å². The molecule has 0 atom stereocenters. The molecule has 4 nitrogen and oxygen atoms in total. The Balaban J connectivity index is 2.68. The van der Waals surface area contributed by atoms with Gasteiger partial charge in [-0.05, 0) is 23.8 Å². The van der Waals surface area contributed by atoms with E-state index in [1.165, 1.54) is 12.4 Å². The van der Waals surface area contributed by atoms with Crippen molar-refractivity contribution in [2.24, 2.45) is 5.73 Å². The number of allylic oxidation sites excluding steroid dienone is 1. The molecule has 0 aliphatic rings. The zero-order chi connectivity index (χ0) is 11.5. The Morgan fingerprint density at radius 2 is 2.12 bits per heavy atom. The molecule has 1 aromatic carbocycles. The van der Waals surface area contributed by atoms with Crippen molar-refractivity contribution in [3.05, 3.63) is 42.2 Å². The molecule has 0 spiro atoms. The monoisotopic (exact) mass is 212 g/mol. The van der Waals surface area contributed by atoms with Gasteiger partial charge in [-0.15, -0.1) is 0 Å². The van der Waals surface area contributed by atoms with Gasteiger partial charge in [-0.1, -0.05) is 6.07 Å². The molecule has 16 heavy (non-hydrogen) atoms. The van der Waals surface area contributed by atoms with Crippen molar-refractivity contribution in [1.29, 1.82) is 5.41 Å². The maximum Gasteiger partial charge on any atom is 0.0723 e. The minimum absolute atomic E-state index is 0.658. The molecule has 5 N–H and O–H groups in total. The van der Waals surface area contributed by atoms with Gasteiger partial charge in [-0.2, -0.15) is 0 Å². The second-order valence-corrected chi connectivity index (χ2v) is 3.40. The van der Waals surface area contributed by atoms with Crippen LogP contribution in [0.4, 0.5) is 5.69 Å². The smallest absolute Gasteiger partial charge is 0.0723 e. The number of nitrogens with two attached hydrogens (primary N) is 2. The lowest BCUT2D eigenvalue weighted by Gasteiger charge is -2.05. The van der Waals surface area contributed by atoms with E-state index in [0.29, 0.717) is 11.3 Å². The number of pyridine rings is 1. The van der Waals surface area contributed by atoms with Crippen LogP contribution in [0, 0.1) is 5.41 Å². The molecule has 80 valence electrons. The van der Waals surface area contributed by atoms with Gasteiger partial charge in [0.15, 0.2) is 0 Å². The highest BCUT2D eigenvalue weighted by atomic mass is 14.7. The van der Waals surface area contributed by atoms with Gasteiger partial charge in [0.1, 0.15) is 0 Å². The van der Waals surface area contributed by atoms with Crippen LogP contribution in [0.3, 0.4) is 0 Å². The predicted molar refractivity (Wildman–Crippen MR) is 67.1 cm³/mol. The van der Waals surface area contributed by atoms with Crippen molar-refractivity contribution in [1.82, 2.24) is 4.98 Å². The normalized spacial score (nSPS) is 11.6. The second kappa shape index (κ2) is 4.02. The number of nitrogens with one attached hydrogen (secondary N) is 1. The number of anilines is 1. The molecule has 0 fully saturated rings. The first-order chi connectivity index (χ1) is 7.76. The van der Waals surface area contributed by atoms with Crippen LogP contribution in [0.15, 0.2) is 36.7 Å². The van der Waals surface area contributed by atoms with Crippen molar-refractivity contribution in [3.63, 3.8) is 0 Å². The van der Waals surface area contributed by atoms with E-state index in [0.717, 1.165) is 16.5 Å². The quantitative estimate of drug-likeness (QED) is 0.663. The number of benzene rings is 1. The maximum atomic E-state index is 7.24. The second-order valence-electron chi connectivity index (χ2n) is 3.40. The lowest BCUT2D eigenvalue weighted by atomic mass is 10.0.